The van der Waals surface area contributed by atoms with Crippen LogP contribution in [-0.2, 0) is 9.47 Å². The van der Waals surface area contributed by atoms with E-state index in [0.717, 1.165) is 18.4 Å². The predicted molar refractivity (Wildman–Crippen MR) is 70.2 cm³/mol. The number of hydrogen-bond acceptors (Lipinski definition) is 4. The summed E-state index contributed by atoms with van der Waals surface area (Å²) in [5, 5.41) is 15.1. The number of carboxylic acid groups (broad SMARTS) is 1. The molecular weight excluding hydrogens is 260 g/mol. The highest BCUT2D eigenvalue weighted by Gasteiger charge is 2.19. The molecule has 2 aliphatic rings. The van der Waals surface area contributed by atoms with Crippen LogP contribution in [0.3, 0.4) is 0 Å². The van der Waals surface area contributed by atoms with Crippen LogP contribution in [0.5, 0.6) is 0 Å². The molecule has 0 aromatic carbocycles. The van der Waals surface area contributed by atoms with Crippen molar-refractivity contribution in [2.45, 2.75) is 12.8 Å². The van der Waals surface area contributed by atoms with Gasteiger partial charge in [0.2, 0.25) is 0 Å². The molecule has 0 atom stereocenters. The third-order valence-electron chi connectivity index (χ3n) is 2.96. The summed E-state index contributed by atoms with van der Waals surface area (Å²) in [6, 6.07) is 1.40. The molecule has 0 saturated carbocycles. The zero-order valence-electron chi connectivity index (χ0n) is 10.5. The standard InChI is InChI=1S/C14H12N2O4/c17-14(18)11-6-10(15-16-11)13-8-19-7-12(20-13)9-4-2-1-3-5-9/h1-2,4,6-8H,3,5H2,(H,15,16)(H,17,18). The average molecular weight is 272 g/mol. The Hall–Kier alpha value is -2.76. The lowest BCUT2D eigenvalue weighted by molar-refractivity contribution is 0.0690. The number of aromatic carboxylic acids is 1. The molecule has 2 N–H and O–H groups in total. The fourth-order valence-electron chi connectivity index (χ4n) is 1.95. The van der Waals surface area contributed by atoms with Gasteiger partial charge in [-0.05, 0) is 18.4 Å². The number of hydrogen-bond donors (Lipinski definition) is 2. The van der Waals surface area contributed by atoms with Gasteiger partial charge in [0, 0.05) is 6.07 Å². The Balaban J connectivity index is 1.79. The Morgan fingerprint density at radius 3 is 2.90 bits per heavy atom. The summed E-state index contributed by atoms with van der Waals surface area (Å²) in [4.78, 5) is 10.8. The monoisotopic (exact) mass is 272 g/mol. The van der Waals surface area contributed by atoms with Crippen LogP contribution in [0.15, 0.2) is 48.2 Å². The minimum absolute atomic E-state index is 0.0691. The highest BCUT2D eigenvalue weighted by Crippen LogP contribution is 2.29. The Morgan fingerprint density at radius 1 is 1.35 bits per heavy atom. The second-order valence-electron chi connectivity index (χ2n) is 4.33. The summed E-state index contributed by atoms with van der Waals surface area (Å²) in [6.07, 6.45) is 10.8. The van der Waals surface area contributed by atoms with Crippen molar-refractivity contribution in [3.63, 3.8) is 0 Å². The average Bonchev–Trinajstić information content (AvgIpc) is 2.98. The summed E-state index contributed by atoms with van der Waals surface area (Å²) in [6.45, 7) is 0. The molecule has 1 aromatic heterocycles. The van der Waals surface area contributed by atoms with E-state index in [0.29, 0.717) is 17.2 Å². The summed E-state index contributed by atoms with van der Waals surface area (Å²) in [5.74, 6) is -0.0722. The summed E-state index contributed by atoms with van der Waals surface area (Å²) < 4.78 is 11.0. The van der Waals surface area contributed by atoms with Crippen LogP contribution in [0.4, 0.5) is 0 Å². The number of allylic oxidation sites excluding steroid dienone is 4. The number of nitrogens with zero attached hydrogens (tertiary/aromatic N) is 1. The van der Waals surface area contributed by atoms with E-state index in [9.17, 15) is 4.79 Å². The zero-order valence-corrected chi connectivity index (χ0v) is 10.5. The first-order chi connectivity index (χ1) is 9.74. The lowest BCUT2D eigenvalue weighted by Gasteiger charge is -2.18. The second-order valence-corrected chi connectivity index (χ2v) is 4.33. The molecule has 6 nitrogen and oxygen atoms in total. The Bertz CT molecular complexity index is 664. The molecule has 6 heteroatoms. The number of aromatic amines is 1. The van der Waals surface area contributed by atoms with Gasteiger partial charge in [-0.15, -0.1) is 0 Å². The van der Waals surface area contributed by atoms with E-state index in [1.807, 2.05) is 12.2 Å². The summed E-state index contributed by atoms with van der Waals surface area (Å²) in [7, 11) is 0. The predicted octanol–water partition coefficient (Wildman–Crippen LogP) is 2.57. The largest absolute Gasteiger partial charge is 0.476 e. The van der Waals surface area contributed by atoms with Gasteiger partial charge in [0.1, 0.15) is 18.2 Å². The molecule has 1 aliphatic carbocycles. The molecular formula is C14H12N2O4. The highest BCUT2D eigenvalue weighted by atomic mass is 16.5. The molecule has 20 heavy (non-hydrogen) atoms. The van der Waals surface area contributed by atoms with Crippen LogP contribution in [-0.4, -0.2) is 21.3 Å². The van der Waals surface area contributed by atoms with Gasteiger partial charge in [0.15, 0.2) is 17.2 Å². The normalized spacial score (nSPS) is 17.5. The van der Waals surface area contributed by atoms with Crippen molar-refractivity contribution < 1.29 is 19.4 Å². The van der Waals surface area contributed by atoms with Crippen molar-refractivity contribution in [3.8, 4) is 0 Å². The zero-order chi connectivity index (χ0) is 13.9. The van der Waals surface area contributed by atoms with Crippen LogP contribution >= 0.6 is 0 Å². The number of rotatable bonds is 3. The maximum absolute atomic E-state index is 10.8. The maximum Gasteiger partial charge on any atom is 0.356 e. The van der Waals surface area contributed by atoms with Crippen molar-refractivity contribution in [1.29, 1.82) is 0 Å². The van der Waals surface area contributed by atoms with Crippen LogP contribution in [0.2, 0.25) is 0 Å². The Kier molecular flexibility index (Phi) is 3.12. The topological polar surface area (TPSA) is 84.4 Å². The van der Waals surface area contributed by atoms with Gasteiger partial charge >= 0.3 is 5.97 Å². The first-order valence-corrected chi connectivity index (χ1v) is 6.13. The molecule has 0 radical (unpaired) electrons. The number of H-pyrrole nitrogens is 1. The van der Waals surface area contributed by atoms with Gasteiger partial charge in [-0.3, -0.25) is 5.10 Å². The molecule has 102 valence electrons. The number of carboxylic acids is 1. The molecule has 1 aromatic rings. The van der Waals surface area contributed by atoms with E-state index in [4.69, 9.17) is 14.6 Å². The van der Waals surface area contributed by atoms with E-state index >= 15 is 0 Å². The van der Waals surface area contributed by atoms with Gasteiger partial charge in [0.25, 0.3) is 0 Å². The van der Waals surface area contributed by atoms with Gasteiger partial charge in [-0.1, -0.05) is 18.2 Å². The third-order valence-corrected chi connectivity index (χ3v) is 2.96. The molecule has 0 fully saturated rings. The SMILES string of the molecule is O=C(O)c1cc(C2=COC=C(C3=CC=CCC3)O2)[nH]n1. The maximum atomic E-state index is 10.8. The molecule has 0 amide bonds. The van der Waals surface area contributed by atoms with E-state index in [1.54, 1.807) is 0 Å². The van der Waals surface area contributed by atoms with Crippen LogP contribution < -0.4 is 0 Å². The summed E-state index contributed by atoms with van der Waals surface area (Å²) >= 11 is 0. The first kappa shape index (κ1) is 12.3. The molecule has 0 bridgehead atoms. The van der Waals surface area contributed by atoms with Crippen molar-refractivity contribution >= 4 is 11.7 Å². The molecule has 0 saturated heterocycles. The number of carbonyl (C=O) groups is 1. The molecule has 2 heterocycles. The van der Waals surface area contributed by atoms with Crippen molar-refractivity contribution in [1.82, 2.24) is 10.2 Å². The van der Waals surface area contributed by atoms with Crippen LogP contribution in [0, 0.1) is 0 Å². The van der Waals surface area contributed by atoms with Gasteiger partial charge in [-0.25, -0.2) is 4.79 Å². The van der Waals surface area contributed by atoms with E-state index in [-0.39, 0.29) is 5.69 Å². The fraction of sp³-hybridized carbons (Fsp3) is 0.143. The lowest BCUT2D eigenvalue weighted by atomic mass is 10.0. The second kappa shape index (κ2) is 5.08. The Labute approximate surface area is 114 Å². The van der Waals surface area contributed by atoms with Gasteiger partial charge < -0.3 is 14.6 Å². The van der Waals surface area contributed by atoms with E-state index in [2.05, 4.69) is 16.3 Å². The quantitative estimate of drug-likeness (QED) is 0.883. The minimum Gasteiger partial charge on any atom is -0.476 e. The lowest BCUT2D eigenvalue weighted by Crippen LogP contribution is -2.03. The number of nitrogens with one attached hydrogen (secondary N) is 1. The van der Waals surface area contributed by atoms with E-state index < -0.39 is 5.97 Å². The minimum atomic E-state index is -1.10. The molecule has 1 aliphatic heterocycles. The van der Waals surface area contributed by atoms with Gasteiger partial charge in [-0.2, -0.15) is 5.10 Å². The van der Waals surface area contributed by atoms with Crippen LogP contribution in [0.25, 0.3) is 5.76 Å². The van der Waals surface area contributed by atoms with Crippen molar-refractivity contribution in [3.05, 3.63) is 59.5 Å². The molecule has 0 spiro atoms. The van der Waals surface area contributed by atoms with Gasteiger partial charge in [0.05, 0.1) is 0 Å². The first-order valence-electron chi connectivity index (χ1n) is 6.13. The van der Waals surface area contributed by atoms with Crippen molar-refractivity contribution in [2.24, 2.45) is 0 Å². The van der Waals surface area contributed by atoms with E-state index in [1.165, 1.54) is 18.6 Å². The molecule has 0 unspecified atom stereocenters. The highest BCUT2D eigenvalue weighted by molar-refractivity contribution is 5.86. The third kappa shape index (κ3) is 2.35. The smallest absolute Gasteiger partial charge is 0.356 e. The fourth-order valence-corrected chi connectivity index (χ4v) is 1.95. The Morgan fingerprint density at radius 2 is 2.20 bits per heavy atom. The number of aromatic nitrogens is 2. The molecule has 3 rings (SSSR count). The van der Waals surface area contributed by atoms with Crippen LogP contribution in [0.1, 0.15) is 29.0 Å². The summed E-state index contributed by atoms with van der Waals surface area (Å²) in [5.41, 5.74) is 1.43. The van der Waals surface area contributed by atoms with Crippen molar-refractivity contribution in [2.75, 3.05) is 0 Å². The number of ether oxygens (including phenoxy) is 2.